The van der Waals surface area contributed by atoms with Crippen LogP contribution < -0.4 is 11.1 Å². The molecule has 0 aliphatic carbocycles. The molecule has 0 saturated heterocycles. The summed E-state index contributed by atoms with van der Waals surface area (Å²) in [5.74, 6) is 0. The minimum Gasteiger partial charge on any atom is -0.398 e. The molecule has 1 heterocycles. The number of hydrogen-bond donors (Lipinski definition) is 2. The Hall–Kier alpha value is -2.10. The van der Waals surface area contributed by atoms with Gasteiger partial charge in [0.15, 0.2) is 0 Å². The molecule has 0 unspecified atom stereocenters. The summed E-state index contributed by atoms with van der Waals surface area (Å²) in [5, 5.41) is 11.1. The molecule has 0 radical (unpaired) electrons. The van der Waals surface area contributed by atoms with Crippen LogP contribution in [0.15, 0.2) is 36.5 Å². The number of hydrogen-bond acceptors (Lipinski definition) is 4. The van der Waals surface area contributed by atoms with Gasteiger partial charge in [0, 0.05) is 17.6 Å². The highest BCUT2D eigenvalue weighted by Gasteiger charge is 2.00. The minimum absolute atomic E-state index is 0.651. The zero-order valence-electron chi connectivity index (χ0n) is 9.14. The van der Waals surface area contributed by atoms with E-state index >= 15 is 0 Å². The zero-order chi connectivity index (χ0) is 11.4. The van der Waals surface area contributed by atoms with Crippen LogP contribution in [0.5, 0.6) is 0 Å². The smallest absolute Gasteiger partial charge is 0.0821 e. The quantitative estimate of drug-likeness (QED) is 0.767. The van der Waals surface area contributed by atoms with E-state index in [1.807, 2.05) is 37.3 Å². The number of anilines is 2. The predicted molar refractivity (Wildman–Crippen MR) is 65.0 cm³/mol. The molecule has 3 N–H and O–H groups in total. The summed E-state index contributed by atoms with van der Waals surface area (Å²) >= 11 is 0. The van der Waals surface area contributed by atoms with Crippen LogP contribution >= 0.6 is 0 Å². The number of benzene rings is 1. The highest BCUT2D eigenvalue weighted by molar-refractivity contribution is 5.62. The number of nitrogens with two attached hydrogens (primary N) is 1. The van der Waals surface area contributed by atoms with Crippen molar-refractivity contribution >= 4 is 11.4 Å². The number of nitrogen functional groups attached to an aromatic ring is 1. The molecular formula is C12H14N4. The SMILES string of the molecule is Cc1c(N)cccc1NCc1cccnn1. The fourth-order valence-electron chi connectivity index (χ4n) is 1.46. The highest BCUT2D eigenvalue weighted by atomic mass is 15.1. The van der Waals surface area contributed by atoms with Crippen molar-refractivity contribution in [1.82, 2.24) is 10.2 Å². The second-order valence-electron chi connectivity index (χ2n) is 3.59. The van der Waals surface area contributed by atoms with Gasteiger partial charge in [-0.3, -0.25) is 0 Å². The molecule has 0 aliphatic heterocycles. The molecule has 0 saturated carbocycles. The van der Waals surface area contributed by atoms with Gasteiger partial charge in [-0.05, 0) is 36.8 Å². The maximum Gasteiger partial charge on any atom is 0.0821 e. The molecule has 0 fully saturated rings. The number of nitrogens with one attached hydrogen (secondary N) is 1. The van der Waals surface area contributed by atoms with Crippen LogP contribution in [-0.4, -0.2) is 10.2 Å². The lowest BCUT2D eigenvalue weighted by Crippen LogP contribution is -2.04. The van der Waals surface area contributed by atoms with Crippen molar-refractivity contribution in [2.45, 2.75) is 13.5 Å². The van der Waals surface area contributed by atoms with Crippen LogP contribution in [0.1, 0.15) is 11.3 Å². The van der Waals surface area contributed by atoms with E-state index in [-0.39, 0.29) is 0 Å². The zero-order valence-corrected chi connectivity index (χ0v) is 9.14. The van der Waals surface area contributed by atoms with Crippen LogP contribution in [0.4, 0.5) is 11.4 Å². The van der Waals surface area contributed by atoms with Crippen LogP contribution in [0.3, 0.4) is 0 Å². The maximum absolute atomic E-state index is 5.82. The van der Waals surface area contributed by atoms with Crippen molar-refractivity contribution in [1.29, 1.82) is 0 Å². The minimum atomic E-state index is 0.651. The van der Waals surface area contributed by atoms with Crippen molar-refractivity contribution < 1.29 is 0 Å². The van der Waals surface area contributed by atoms with Crippen molar-refractivity contribution in [3.05, 3.63) is 47.8 Å². The van der Waals surface area contributed by atoms with E-state index in [2.05, 4.69) is 15.5 Å². The van der Waals surface area contributed by atoms with Gasteiger partial charge in [-0.15, -0.1) is 0 Å². The Morgan fingerprint density at radius 1 is 1.25 bits per heavy atom. The third kappa shape index (κ3) is 2.28. The Labute approximate surface area is 94.5 Å². The van der Waals surface area contributed by atoms with E-state index in [0.717, 1.165) is 22.6 Å². The van der Waals surface area contributed by atoms with Crippen molar-refractivity contribution in [3.8, 4) is 0 Å². The summed E-state index contributed by atoms with van der Waals surface area (Å²) < 4.78 is 0. The fraction of sp³-hybridized carbons (Fsp3) is 0.167. The molecule has 1 aromatic carbocycles. The van der Waals surface area contributed by atoms with E-state index in [1.54, 1.807) is 6.20 Å². The maximum atomic E-state index is 5.82. The first-order valence-electron chi connectivity index (χ1n) is 5.13. The Bertz CT molecular complexity index is 468. The molecule has 0 atom stereocenters. The van der Waals surface area contributed by atoms with Gasteiger partial charge in [0.25, 0.3) is 0 Å². The Balaban J connectivity index is 2.08. The summed E-state index contributed by atoms with van der Waals surface area (Å²) in [6, 6.07) is 9.63. The molecule has 16 heavy (non-hydrogen) atoms. The lowest BCUT2D eigenvalue weighted by Gasteiger charge is -2.10. The predicted octanol–water partition coefficient (Wildman–Crippen LogP) is 1.98. The summed E-state index contributed by atoms with van der Waals surface area (Å²) in [7, 11) is 0. The summed E-state index contributed by atoms with van der Waals surface area (Å²) in [5.41, 5.74) is 9.62. The van der Waals surface area contributed by atoms with Crippen LogP contribution in [0, 0.1) is 6.92 Å². The second kappa shape index (κ2) is 4.61. The Morgan fingerprint density at radius 2 is 2.12 bits per heavy atom. The second-order valence-corrected chi connectivity index (χ2v) is 3.59. The Morgan fingerprint density at radius 3 is 2.88 bits per heavy atom. The van der Waals surface area contributed by atoms with E-state index in [4.69, 9.17) is 5.73 Å². The highest BCUT2D eigenvalue weighted by Crippen LogP contribution is 2.20. The van der Waals surface area contributed by atoms with Gasteiger partial charge < -0.3 is 11.1 Å². The van der Waals surface area contributed by atoms with Crippen LogP contribution in [0.2, 0.25) is 0 Å². The van der Waals surface area contributed by atoms with Gasteiger partial charge in [0.05, 0.1) is 12.2 Å². The lowest BCUT2D eigenvalue weighted by atomic mass is 10.1. The first kappa shape index (κ1) is 10.4. The molecule has 1 aromatic heterocycles. The van der Waals surface area contributed by atoms with Gasteiger partial charge in [0.1, 0.15) is 0 Å². The normalized spacial score (nSPS) is 10.1. The monoisotopic (exact) mass is 214 g/mol. The number of nitrogens with zero attached hydrogens (tertiary/aromatic N) is 2. The molecule has 0 amide bonds. The first-order valence-corrected chi connectivity index (χ1v) is 5.13. The number of rotatable bonds is 3. The first-order chi connectivity index (χ1) is 7.77. The average molecular weight is 214 g/mol. The standard InChI is InChI=1S/C12H14N4/c1-9-11(13)5-2-6-12(9)14-8-10-4-3-7-15-16-10/h2-7,14H,8,13H2,1H3. The topological polar surface area (TPSA) is 63.8 Å². The Kier molecular flexibility index (Phi) is 3.00. The molecule has 82 valence electrons. The van der Waals surface area contributed by atoms with Crippen molar-refractivity contribution in [3.63, 3.8) is 0 Å². The van der Waals surface area contributed by atoms with E-state index in [1.165, 1.54) is 0 Å². The van der Waals surface area contributed by atoms with E-state index < -0.39 is 0 Å². The third-order valence-electron chi connectivity index (χ3n) is 2.46. The third-order valence-corrected chi connectivity index (χ3v) is 2.46. The molecule has 4 nitrogen and oxygen atoms in total. The number of aromatic nitrogens is 2. The van der Waals surface area contributed by atoms with Crippen LogP contribution in [0.25, 0.3) is 0 Å². The van der Waals surface area contributed by atoms with Gasteiger partial charge >= 0.3 is 0 Å². The van der Waals surface area contributed by atoms with Gasteiger partial charge in [0.2, 0.25) is 0 Å². The fourth-order valence-corrected chi connectivity index (χ4v) is 1.46. The summed E-state index contributed by atoms with van der Waals surface area (Å²) in [6.45, 7) is 2.65. The van der Waals surface area contributed by atoms with Gasteiger partial charge in [-0.25, -0.2) is 0 Å². The van der Waals surface area contributed by atoms with Crippen molar-refractivity contribution in [2.75, 3.05) is 11.1 Å². The molecule has 0 aliphatic rings. The summed E-state index contributed by atoms with van der Waals surface area (Å²) in [4.78, 5) is 0. The average Bonchev–Trinajstić information content (AvgIpc) is 2.32. The largest absolute Gasteiger partial charge is 0.398 e. The molecule has 4 heteroatoms. The molecule has 2 aromatic rings. The van der Waals surface area contributed by atoms with E-state index in [9.17, 15) is 0 Å². The van der Waals surface area contributed by atoms with Crippen molar-refractivity contribution in [2.24, 2.45) is 0 Å². The molecule has 0 bridgehead atoms. The van der Waals surface area contributed by atoms with E-state index in [0.29, 0.717) is 6.54 Å². The van der Waals surface area contributed by atoms with Crippen LogP contribution in [-0.2, 0) is 6.54 Å². The van der Waals surface area contributed by atoms with Gasteiger partial charge in [-0.1, -0.05) is 6.07 Å². The molecular weight excluding hydrogens is 200 g/mol. The summed E-state index contributed by atoms with van der Waals surface area (Å²) in [6.07, 6.45) is 1.66. The van der Waals surface area contributed by atoms with Gasteiger partial charge in [-0.2, -0.15) is 10.2 Å². The molecule has 0 spiro atoms. The lowest BCUT2D eigenvalue weighted by molar-refractivity contribution is 0.924. The molecule has 2 rings (SSSR count).